The molecule has 0 saturated carbocycles. The summed E-state index contributed by atoms with van der Waals surface area (Å²) >= 11 is 0. The van der Waals surface area contributed by atoms with E-state index in [1.807, 2.05) is 18.2 Å². The van der Waals surface area contributed by atoms with Crippen LogP contribution < -0.4 is 0 Å². The number of carbonyl (C=O) groups excluding carboxylic acids is 1. The van der Waals surface area contributed by atoms with Gasteiger partial charge in [-0.1, -0.05) is 92.7 Å². The van der Waals surface area contributed by atoms with E-state index in [2.05, 4.69) is 115 Å². The van der Waals surface area contributed by atoms with Crippen LogP contribution in [0.1, 0.15) is 74.3 Å². The number of nitrogens with zero attached hydrogens (tertiary/aromatic N) is 1. The van der Waals surface area contributed by atoms with Gasteiger partial charge >= 0.3 is 0 Å². The maximum Gasteiger partial charge on any atom is 0.193 e. The van der Waals surface area contributed by atoms with Gasteiger partial charge in [0.1, 0.15) is 0 Å². The van der Waals surface area contributed by atoms with Gasteiger partial charge in [-0.25, -0.2) is 0 Å². The molecule has 45 heavy (non-hydrogen) atoms. The lowest BCUT2D eigenvalue weighted by molar-refractivity contribution is 0.103. The molecule has 3 aliphatic rings. The molecule has 0 atom stereocenters. The first-order valence-electron chi connectivity index (χ1n) is 16.0. The van der Waals surface area contributed by atoms with Gasteiger partial charge in [-0.05, 0) is 111 Å². The SMILES string of the molecule is CC1(C)c2ccccc2-c2cc3c(cc21)c1ccccc1n3-c1ccc2c(c1)Cc1cc3c(cc1C2)C(=O)c1ccccc1C3. The molecule has 0 spiro atoms. The van der Waals surface area contributed by atoms with Gasteiger partial charge < -0.3 is 4.57 Å². The van der Waals surface area contributed by atoms with E-state index in [0.29, 0.717) is 0 Å². The molecule has 1 heterocycles. The van der Waals surface area contributed by atoms with E-state index < -0.39 is 0 Å². The maximum absolute atomic E-state index is 13.4. The lowest BCUT2D eigenvalue weighted by Gasteiger charge is -2.25. The van der Waals surface area contributed by atoms with Crippen LogP contribution >= 0.6 is 0 Å². The predicted octanol–water partition coefficient (Wildman–Crippen LogP) is 9.72. The summed E-state index contributed by atoms with van der Waals surface area (Å²) in [6, 6.07) is 42.2. The molecule has 0 N–H and O–H groups in total. The number of fused-ring (bicyclic) bond motifs is 10. The number of hydrogen-bond acceptors (Lipinski definition) is 1. The average molecular weight is 578 g/mol. The number of ketones is 1. The number of para-hydroxylation sites is 1. The van der Waals surface area contributed by atoms with Crippen molar-refractivity contribution in [1.29, 1.82) is 0 Å². The zero-order valence-corrected chi connectivity index (χ0v) is 25.4. The molecule has 0 fully saturated rings. The summed E-state index contributed by atoms with van der Waals surface area (Å²) in [5, 5.41) is 2.60. The van der Waals surface area contributed by atoms with Crippen LogP contribution in [0.3, 0.4) is 0 Å². The third-order valence-corrected chi connectivity index (χ3v) is 10.9. The number of carbonyl (C=O) groups is 1. The molecule has 0 radical (unpaired) electrons. The molecular formula is C43H31NO. The molecular weight excluding hydrogens is 546 g/mol. The molecule has 0 amide bonds. The number of hydrogen-bond donors (Lipinski definition) is 0. The van der Waals surface area contributed by atoms with Gasteiger partial charge in [0.2, 0.25) is 0 Å². The topological polar surface area (TPSA) is 22.0 Å². The fourth-order valence-corrected chi connectivity index (χ4v) is 8.61. The van der Waals surface area contributed by atoms with Crippen LogP contribution in [0.2, 0.25) is 0 Å². The minimum absolute atomic E-state index is 0.0333. The van der Waals surface area contributed by atoms with Crippen LogP contribution in [-0.2, 0) is 24.7 Å². The smallest absolute Gasteiger partial charge is 0.193 e. The van der Waals surface area contributed by atoms with Gasteiger partial charge in [0.05, 0.1) is 11.0 Å². The fraction of sp³-hybridized carbons (Fsp3) is 0.140. The Morgan fingerprint density at radius 2 is 1.20 bits per heavy atom. The zero-order valence-electron chi connectivity index (χ0n) is 25.4. The molecule has 0 aliphatic heterocycles. The summed E-state index contributed by atoms with van der Waals surface area (Å²) in [5.41, 5.74) is 18.6. The van der Waals surface area contributed by atoms with Crippen LogP contribution in [0.15, 0.2) is 115 Å². The average Bonchev–Trinajstić information content (AvgIpc) is 3.50. The van der Waals surface area contributed by atoms with Gasteiger partial charge in [0.15, 0.2) is 5.78 Å². The van der Waals surface area contributed by atoms with Crippen molar-refractivity contribution < 1.29 is 4.79 Å². The van der Waals surface area contributed by atoms with E-state index >= 15 is 0 Å². The van der Waals surface area contributed by atoms with E-state index in [1.54, 1.807) is 0 Å². The van der Waals surface area contributed by atoms with Crippen molar-refractivity contribution in [2.24, 2.45) is 0 Å². The minimum Gasteiger partial charge on any atom is -0.309 e. The Morgan fingerprint density at radius 1 is 0.489 bits per heavy atom. The van der Waals surface area contributed by atoms with Crippen molar-refractivity contribution in [2.75, 3.05) is 0 Å². The molecule has 2 heteroatoms. The fourth-order valence-electron chi connectivity index (χ4n) is 8.61. The third kappa shape index (κ3) is 3.37. The van der Waals surface area contributed by atoms with E-state index in [0.717, 1.165) is 41.5 Å². The van der Waals surface area contributed by atoms with E-state index in [9.17, 15) is 4.79 Å². The predicted molar refractivity (Wildman–Crippen MR) is 183 cm³/mol. The Bertz CT molecular complexity index is 2450. The summed E-state index contributed by atoms with van der Waals surface area (Å²) in [6.07, 6.45) is 2.57. The van der Waals surface area contributed by atoms with Crippen molar-refractivity contribution in [1.82, 2.24) is 4.57 Å². The second kappa shape index (κ2) is 8.70. The monoisotopic (exact) mass is 577 g/mol. The van der Waals surface area contributed by atoms with Gasteiger partial charge in [-0.15, -0.1) is 0 Å². The molecule has 0 unspecified atom stereocenters. The Morgan fingerprint density at radius 3 is 2.11 bits per heavy atom. The van der Waals surface area contributed by atoms with E-state index in [4.69, 9.17) is 0 Å². The van der Waals surface area contributed by atoms with Crippen molar-refractivity contribution >= 4 is 27.6 Å². The van der Waals surface area contributed by atoms with Gasteiger partial charge in [-0.3, -0.25) is 4.79 Å². The largest absolute Gasteiger partial charge is 0.309 e. The summed E-state index contributed by atoms with van der Waals surface area (Å²) in [7, 11) is 0. The molecule has 6 aromatic carbocycles. The summed E-state index contributed by atoms with van der Waals surface area (Å²) in [6.45, 7) is 4.71. The quantitative estimate of drug-likeness (QED) is 0.190. The van der Waals surface area contributed by atoms with Gasteiger partial charge in [-0.2, -0.15) is 0 Å². The maximum atomic E-state index is 13.4. The number of benzene rings is 6. The first-order chi connectivity index (χ1) is 22.0. The highest BCUT2D eigenvalue weighted by Gasteiger charge is 2.36. The van der Waals surface area contributed by atoms with Crippen molar-refractivity contribution in [3.8, 4) is 16.8 Å². The first-order valence-corrected chi connectivity index (χ1v) is 16.0. The molecule has 10 rings (SSSR count). The van der Waals surface area contributed by atoms with Crippen LogP contribution in [0.5, 0.6) is 0 Å². The number of rotatable bonds is 1. The van der Waals surface area contributed by atoms with E-state index in [-0.39, 0.29) is 11.2 Å². The Labute approximate surface area is 262 Å². The van der Waals surface area contributed by atoms with Crippen LogP contribution in [-0.4, -0.2) is 10.4 Å². The summed E-state index contributed by atoms with van der Waals surface area (Å²) < 4.78 is 2.47. The number of aromatic nitrogens is 1. The first kappa shape index (κ1) is 25.2. The lowest BCUT2D eigenvalue weighted by Crippen LogP contribution is -2.18. The second-order valence-electron chi connectivity index (χ2n) is 13.7. The molecule has 3 aliphatic carbocycles. The van der Waals surface area contributed by atoms with Gasteiger partial charge in [0, 0.05) is 33.0 Å². The van der Waals surface area contributed by atoms with Crippen molar-refractivity contribution in [3.63, 3.8) is 0 Å². The summed E-state index contributed by atoms with van der Waals surface area (Å²) in [4.78, 5) is 13.4. The second-order valence-corrected chi connectivity index (χ2v) is 13.7. The van der Waals surface area contributed by atoms with Crippen LogP contribution in [0.25, 0.3) is 38.6 Å². The highest BCUT2D eigenvalue weighted by molar-refractivity contribution is 6.13. The Kier molecular flexibility index (Phi) is 4.86. The Balaban J connectivity index is 1.12. The molecule has 2 nitrogen and oxygen atoms in total. The summed E-state index contributed by atoms with van der Waals surface area (Å²) in [5.74, 6) is 0.166. The molecule has 214 valence electrons. The third-order valence-electron chi connectivity index (χ3n) is 10.9. The zero-order chi connectivity index (χ0) is 30.0. The highest BCUT2D eigenvalue weighted by atomic mass is 16.1. The Hall–Kier alpha value is -5.21. The van der Waals surface area contributed by atoms with Crippen molar-refractivity contribution in [2.45, 2.75) is 38.5 Å². The normalized spacial score (nSPS) is 15.3. The molecule has 1 aromatic heterocycles. The highest BCUT2D eigenvalue weighted by Crippen LogP contribution is 2.51. The van der Waals surface area contributed by atoms with Crippen LogP contribution in [0.4, 0.5) is 0 Å². The lowest BCUT2D eigenvalue weighted by atomic mass is 9.78. The standard InChI is InChI=1S/C43H31NO/c1-43(2)38-13-7-5-11-33(38)36-24-41-37(23-39(36)43)34-12-6-8-14-40(34)44(41)31-16-15-25-17-29-22-35-30(20-27(29)19-28(25)21-31)18-26-9-3-4-10-32(26)42(35)45/h3-16,20-24H,17-19H2,1-2H3. The molecule has 0 bridgehead atoms. The van der Waals surface area contributed by atoms with Crippen LogP contribution in [0, 0.1) is 0 Å². The van der Waals surface area contributed by atoms with Crippen molar-refractivity contribution in [3.05, 3.63) is 171 Å². The molecule has 0 saturated heterocycles. The van der Waals surface area contributed by atoms with Gasteiger partial charge in [0.25, 0.3) is 0 Å². The minimum atomic E-state index is -0.0333. The molecule has 7 aromatic rings. The van der Waals surface area contributed by atoms with E-state index in [1.165, 1.54) is 72.0 Å².